The number of carbonyl (C=O) groups is 1. The molecular weight excluding hydrogens is 293 g/mol. The topological polar surface area (TPSA) is 36.1 Å². The van der Waals surface area contributed by atoms with Crippen LogP contribution in [-0.4, -0.2) is 35.1 Å². The van der Waals surface area contributed by atoms with Gasteiger partial charge in [-0.1, -0.05) is 11.6 Å². The molecule has 3 rings (SSSR count). The first-order chi connectivity index (χ1) is 10.4. The summed E-state index contributed by atoms with van der Waals surface area (Å²) >= 11 is 0. The molecule has 1 aliphatic rings. The molecule has 22 heavy (non-hydrogen) atoms. The van der Waals surface area contributed by atoms with Crippen LogP contribution >= 0.6 is 0 Å². The minimum Gasteiger partial charge on any atom is -0.360 e. The summed E-state index contributed by atoms with van der Waals surface area (Å²) in [6.07, 6.45) is -2.17. The van der Waals surface area contributed by atoms with Gasteiger partial charge in [0.15, 0.2) is 0 Å². The van der Waals surface area contributed by atoms with Crippen molar-refractivity contribution in [3.8, 4) is 0 Å². The molecule has 1 unspecified atom stereocenters. The highest BCUT2D eigenvalue weighted by Gasteiger charge is 2.42. The van der Waals surface area contributed by atoms with E-state index in [9.17, 15) is 18.0 Å². The number of fused-ring (bicyclic) bond motifs is 1. The number of amides is 1. The predicted molar refractivity (Wildman–Crippen MR) is 77.7 cm³/mol. The molecule has 1 N–H and O–H groups in total. The Labute approximate surface area is 126 Å². The van der Waals surface area contributed by atoms with Crippen molar-refractivity contribution in [1.82, 2.24) is 9.88 Å². The van der Waals surface area contributed by atoms with Crippen LogP contribution in [0.15, 0.2) is 24.4 Å². The van der Waals surface area contributed by atoms with Crippen molar-refractivity contribution in [3.05, 3.63) is 35.5 Å². The van der Waals surface area contributed by atoms with Gasteiger partial charge >= 0.3 is 6.18 Å². The summed E-state index contributed by atoms with van der Waals surface area (Å²) in [6.45, 7) is 2.05. The van der Waals surface area contributed by atoms with Gasteiger partial charge in [0.1, 0.15) is 0 Å². The number of likely N-dealkylation sites (tertiary alicyclic amines) is 1. The summed E-state index contributed by atoms with van der Waals surface area (Å²) in [5.74, 6) is -1.75. The summed E-state index contributed by atoms with van der Waals surface area (Å²) < 4.78 is 38.6. The van der Waals surface area contributed by atoms with E-state index in [0.717, 1.165) is 16.5 Å². The zero-order chi connectivity index (χ0) is 15.9. The van der Waals surface area contributed by atoms with Crippen molar-refractivity contribution in [2.24, 2.45) is 5.92 Å². The summed E-state index contributed by atoms with van der Waals surface area (Å²) in [5, 5.41) is 0.763. The standard InChI is InChI=1S/C16H17F3N2O/c1-10-4-5-14-12(7-10)13(8-20-14)15(22)21-6-2-3-11(9-21)16(17,18)19/h4-5,7-8,11,20H,2-3,6,9H2,1H3. The van der Waals surface area contributed by atoms with Crippen molar-refractivity contribution < 1.29 is 18.0 Å². The van der Waals surface area contributed by atoms with Gasteiger partial charge in [-0.15, -0.1) is 0 Å². The van der Waals surface area contributed by atoms with Gasteiger partial charge < -0.3 is 9.88 Å². The molecule has 0 radical (unpaired) electrons. The second-order valence-electron chi connectivity index (χ2n) is 5.88. The molecule has 2 heterocycles. The van der Waals surface area contributed by atoms with Crippen LogP contribution in [0.4, 0.5) is 13.2 Å². The molecular formula is C16H17F3N2O. The van der Waals surface area contributed by atoms with E-state index in [-0.39, 0.29) is 18.9 Å². The zero-order valence-corrected chi connectivity index (χ0v) is 12.2. The number of hydrogen-bond donors (Lipinski definition) is 1. The Balaban J connectivity index is 1.88. The average molecular weight is 310 g/mol. The number of hydrogen-bond acceptors (Lipinski definition) is 1. The molecule has 1 fully saturated rings. The van der Waals surface area contributed by atoms with E-state index >= 15 is 0 Å². The molecule has 118 valence electrons. The van der Waals surface area contributed by atoms with Gasteiger partial charge in [-0.2, -0.15) is 13.2 Å². The van der Waals surface area contributed by atoms with Crippen molar-refractivity contribution in [3.63, 3.8) is 0 Å². The number of alkyl halides is 3. The lowest BCUT2D eigenvalue weighted by Gasteiger charge is -2.33. The number of rotatable bonds is 1. The molecule has 6 heteroatoms. The number of halogens is 3. The second kappa shape index (κ2) is 5.34. The highest BCUT2D eigenvalue weighted by molar-refractivity contribution is 6.06. The monoisotopic (exact) mass is 310 g/mol. The van der Waals surface area contributed by atoms with Crippen molar-refractivity contribution in [2.45, 2.75) is 25.9 Å². The molecule has 1 aliphatic heterocycles. The Kier molecular flexibility index (Phi) is 3.62. The van der Waals surface area contributed by atoms with E-state index in [1.54, 1.807) is 6.20 Å². The van der Waals surface area contributed by atoms with E-state index in [4.69, 9.17) is 0 Å². The van der Waals surface area contributed by atoms with Crippen LogP contribution in [0.2, 0.25) is 0 Å². The number of aryl methyl sites for hydroxylation is 1. The lowest BCUT2D eigenvalue weighted by atomic mass is 9.97. The summed E-state index contributed by atoms with van der Waals surface area (Å²) in [6, 6.07) is 5.67. The van der Waals surface area contributed by atoms with E-state index in [0.29, 0.717) is 18.5 Å². The van der Waals surface area contributed by atoms with Crippen LogP contribution in [0, 0.1) is 12.8 Å². The van der Waals surface area contributed by atoms with Gasteiger partial charge in [0.25, 0.3) is 5.91 Å². The van der Waals surface area contributed by atoms with Gasteiger partial charge in [0.05, 0.1) is 11.5 Å². The third-order valence-corrected chi connectivity index (χ3v) is 4.24. The first kappa shape index (κ1) is 14.9. The summed E-state index contributed by atoms with van der Waals surface area (Å²) in [7, 11) is 0. The van der Waals surface area contributed by atoms with Crippen LogP contribution in [0.5, 0.6) is 0 Å². The lowest BCUT2D eigenvalue weighted by Crippen LogP contribution is -2.44. The molecule has 3 nitrogen and oxygen atoms in total. The average Bonchev–Trinajstić information content (AvgIpc) is 2.88. The van der Waals surface area contributed by atoms with Gasteiger partial charge in [-0.05, 0) is 31.9 Å². The van der Waals surface area contributed by atoms with E-state index in [1.807, 2.05) is 25.1 Å². The number of aromatic nitrogens is 1. The smallest absolute Gasteiger partial charge is 0.360 e. The number of aromatic amines is 1. The van der Waals surface area contributed by atoms with Crippen LogP contribution in [0.25, 0.3) is 10.9 Å². The van der Waals surface area contributed by atoms with Gasteiger partial charge in [0.2, 0.25) is 0 Å². The first-order valence-corrected chi connectivity index (χ1v) is 7.30. The van der Waals surface area contributed by atoms with E-state index in [1.165, 1.54) is 4.90 Å². The Hall–Kier alpha value is -1.98. The number of H-pyrrole nitrogens is 1. The van der Waals surface area contributed by atoms with Crippen LogP contribution in [0.3, 0.4) is 0 Å². The normalized spacial score (nSPS) is 19.6. The number of carbonyl (C=O) groups excluding carboxylic acids is 1. The number of benzene rings is 1. The fourth-order valence-electron chi connectivity index (χ4n) is 3.01. The third kappa shape index (κ3) is 2.69. The van der Waals surface area contributed by atoms with E-state index < -0.39 is 12.1 Å². The molecule has 0 spiro atoms. The van der Waals surface area contributed by atoms with Gasteiger partial charge in [-0.3, -0.25) is 4.79 Å². The quantitative estimate of drug-likeness (QED) is 0.852. The van der Waals surface area contributed by atoms with Crippen LogP contribution in [0.1, 0.15) is 28.8 Å². The van der Waals surface area contributed by atoms with Crippen molar-refractivity contribution in [2.75, 3.05) is 13.1 Å². The molecule has 1 aromatic heterocycles. The second-order valence-corrected chi connectivity index (χ2v) is 5.88. The van der Waals surface area contributed by atoms with E-state index in [2.05, 4.69) is 4.98 Å². The first-order valence-electron chi connectivity index (χ1n) is 7.30. The maximum absolute atomic E-state index is 12.9. The molecule has 0 aliphatic carbocycles. The molecule has 1 saturated heterocycles. The predicted octanol–water partition coefficient (Wildman–Crippen LogP) is 3.89. The number of nitrogens with one attached hydrogen (secondary N) is 1. The molecule has 1 amide bonds. The summed E-state index contributed by atoms with van der Waals surface area (Å²) in [5.41, 5.74) is 2.27. The maximum atomic E-state index is 12.9. The summed E-state index contributed by atoms with van der Waals surface area (Å²) in [4.78, 5) is 16.9. The Bertz CT molecular complexity index is 705. The highest BCUT2D eigenvalue weighted by Crippen LogP contribution is 2.34. The molecule has 1 atom stereocenters. The van der Waals surface area contributed by atoms with Crippen LogP contribution < -0.4 is 0 Å². The van der Waals surface area contributed by atoms with Gasteiger partial charge in [0, 0.05) is 30.2 Å². The van der Waals surface area contributed by atoms with Gasteiger partial charge in [-0.25, -0.2) is 0 Å². The maximum Gasteiger partial charge on any atom is 0.393 e. The number of nitrogens with zero attached hydrogens (tertiary/aromatic N) is 1. The lowest BCUT2D eigenvalue weighted by molar-refractivity contribution is -0.184. The molecule has 0 bridgehead atoms. The molecule has 2 aromatic rings. The SMILES string of the molecule is Cc1ccc2[nH]cc(C(=O)N3CCCC(C(F)(F)F)C3)c2c1. The highest BCUT2D eigenvalue weighted by atomic mass is 19.4. The fraction of sp³-hybridized carbons (Fsp3) is 0.438. The molecule has 0 saturated carbocycles. The Morgan fingerprint density at radius 2 is 2.14 bits per heavy atom. The fourth-order valence-corrected chi connectivity index (χ4v) is 3.01. The zero-order valence-electron chi connectivity index (χ0n) is 12.2. The third-order valence-electron chi connectivity index (χ3n) is 4.24. The van der Waals surface area contributed by atoms with Crippen molar-refractivity contribution >= 4 is 16.8 Å². The molecule has 1 aromatic carbocycles. The largest absolute Gasteiger partial charge is 0.393 e. The Morgan fingerprint density at radius 1 is 1.36 bits per heavy atom. The number of piperidine rings is 1. The Morgan fingerprint density at radius 3 is 2.86 bits per heavy atom. The van der Waals surface area contributed by atoms with Crippen LogP contribution in [-0.2, 0) is 0 Å². The van der Waals surface area contributed by atoms with Crippen molar-refractivity contribution in [1.29, 1.82) is 0 Å². The minimum absolute atomic E-state index is 0.0975. The minimum atomic E-state index is -4.24.